The van der Waals surface area contributed by atoms with Crippen molar-refractivity contribution in [1.82, 2.24) is 14.9 Å². The van der Waals surface area contributed by atoms with Crippen LogP contribution in [0.4, 0.5) is 0 Å². The van der Waals surface area contributed by atoms with Crippen LogP contribution < -0.4 is 5.32 Å². The third kappa shape index (κ3) is 6.01. The Kier molecular flexibility index (Phi) is 8.06. The highest BCUT2D eigenvalue weighted by Crippen LogP contribution is 2.38. The lowest BCUT2D eigenvalue weighted by Gasteiger charge is -2.20. The van der Waals surface area contributed by atoms with Gasteiger partial charge in [-0.15, -0.1) is 0 Å². The van der Waals surface area contributed by atoms with Gasteiger partial charge in [0.2, 0.25) is 5.91 Å². The second kappa shape index (κ2) is 12.5. The second-order valence-electron chi connectivity index (χ2n) is 9.61. The summed E-state index contributed by atoms with van der Waals surface area (Å²) in [5, 5.41) is 4.03. The van der Waals surface area contributed by atoms with Gasteiger partial charge in [0.15, 0.2) is 5.16 Å². The van der Waals surface area contributed by atoms with Gasteiger partial charge in [0.25, 0.3) is 0 Å². The van der Waals surface area contributed by atoms with Crippen LogP contribution in [0.3, 0.4) is 0 Å². The van der Waals surface area contributed by atoms with Crippen LogP contribution in [0, 0.1) is 0 Å². The monoisotopic (exact) mass is 551 g/mol. The quantitative estimate of drug-likeness (QED) is 0.184. The predicted molar refractivity (Wildman–Crippen MR) is 168 cm³/mol. The lowest BCUT2D eigenvalue weighted by molar-refractivity contribution is -0.119. The molecule has 0 aliphatic carbocycles. The summed E-state index contributed by atoms with van der Waals surface area (Å²) in [6, 6.07) is 50.7. The summed E-state index contributed by atoms with van der Waals surface area (Å²) < 4.78 is 2.17. The topological polar surface area (TPSA) is 46.9 Å². The van der Waals surface area contributed by atoms with Crippen molar-refractivity contribution in [1.29, 1.82) is 0 Å². The summed E-state index contributed by atoms with van der Waals surface area (Å²) in [5.74, 6) is 0.167. The average Bonchev–Trinajstić information content (AvgIpc) is 3.44. The molecule has 0 atom stereocenters. The number of aromatic nitrogens is 2. The highest BCUT2D eigenvalue weighted by atomic mass is 32.2. The maximum absolute atomic E-state index is 13.5. The number of thioether (sulfide) groups is 1. The Labute approximate surface area is 244 Å². The number of carbonyl (C=O) groups is 1. The summed E-state index contributed by atoms with van der Waals surface area (Å²) in [6.45, 7) is 0. The molecular formula is C36H29N3OS. The highest BCUT2D eigenvalue weighted by molar-refractivity contribution is 7.99. The van der Waals surface area contributed by atoms with Crippen molar-refractivity contribution in [2.75, 3.05) is 5.75 Å². The van der Waals surface area contributed by atoms with E-state index < -0.39 is 0 Å². The highest BCUT2D eigenvalue weighted by Gasteiger charge is 2.23. The molecule has 5 aromatic carbocycles. The van der Waals surface area contributed by atoms with Gasteiger partial charge in [-0.1, -0.05) is 151 Å². The smallest absolute Gasteiger partial charge is 0.231 e. The van der Waals surface area contributed by atoms with Crippen LogP contribution in [-0.4, -0.2) is 21.2 Å². The number of amides is 1. The molecule has 1 N–H and O–H groups in total. The van der Waals surface area contributed by atoms with Crippen molar-refractivity contribution in [3.8, 4) is 28.2 Å². The molecule has 41 heavy (non-hydrogen) atoms. The van der Waals surface area contributed by atoms with Crippen LogP contribution in [0.5, 0.6) is 0 Å². The van der Waals surface area contributed by atoms with Gasteiger partial charge in [-0.05, 0) is 23.3 Å². The SMILES string of the molecule is O=C(CSc1nc(-c2ccccc2)c(-c2ccccc2)n1-c1ccccc1)NC(c1ccccc1)c1ccccc1. The molecule has 5 heteroatoms. The minimum Gasteiger partial charge on any atom is -0.344 e. The zero-order valence-corrected chi connectivity index (χ0v) is 23.2. The third-order valence-corrected chi connectivity index (χ3v) is 7.80. The Bertz CT molecular complexity index is 1670. The second-order valence-corrected chi connectivity index (χ2v) is 10.5. The van der Waals surface area contributed by atoms with E-state index in [1.165, 1.54) is 11.8 Å². The normalized spacial score (nSPS) is 11.0. The molecule has 6 rings (SSSR count). The van der Waals surface area contributed by atoms with Crippen LogP contribution in [0.25, 0.3) is 28.2 Å². The molecule has 6 aromatic rings. The largest absolute Gasteiger partial charge is 0.344 e. The number of hydrogen-bond acceptors (Lipinski definition) is 3. The molecular weight excluding hydrogens is 522 g/mol. The van der Waals surface area contributed by atoms with E-state index in [1.807, 2.05) is 115 Å². The molecule has 0 aliphatic heterocycles. The molecule has 0 spiro atoms. The van der Waals surface area contributed by atoms with E-state index in [2.05, 4.69) is 46.3 Å². The van der Waals surface area contributed by atoms with E-state index >= 15 is 0 Å². The zero-order valence-electron chi connectivity index (χ0n) is 22.4. The summed E-state index contributed by atoms with van der Waals surface area (Å²) in [6.07, 6.45) is 0. The van der Waals surface area contributed by atoms with Crippen LogP contribution in [0.2, 0.25) is 0 Å². The molecule has 0 unspecified atom stereocenters. The fourth-order valence-electron chi connectivity index (χ4n) is 4.96. The van der Waals surface area contributed by atoms with Gasteiger partial charge in [-0.2, -0.15) is 0 Å². The first-order chi connectivity index (χ1) is 20.3. The van der Waals surface area contributed by atoms with Crippen molar-refractivity contribution in [2.24, 2.45) is 0 Å². The third-order valence-electron chi connectivity index (χ3n) is 6.86. The number of hydrogen-bond donors (Lipinski definition) is 1. The minimum absolute atomic E-state index is 0.0576. The maximum atomic E-state index is 13.5. The molecule has 1 heterocycles. The molecule has 0 fully saturated rings. The van der Waals surface area contributed by atoms with E-state index in [4.69, 9.17) is 4.98 Å². The first-order valence-corrected chi connectivity index (χ1v) is 14.6. The molecule has 0 saturated carbocycles. The number of nitrogens with one attached hydrogen (secondary N) is 1. The number of rotatable bonds is 9. The molecule has 0 aliphatic rings. The fraction of sp³-hybridized carbons (Fsp3) is 0.0556. The Balaban J connectivity index is 1.36. The summed E-state index contributed by atoms with van der Waals surface area (Å²) in [5.41, 5.74) is 7.05. The molecule has 200 valence electrons. The number of nitrogens with zero attached hydrogens (tertiary/aromatic N) is 2. The van der Waals surface area contributed by atoms with E-state index in [9.17, 15) is 4.79 Å². The first-order valence-electron chi connectivity index (χ1n) is 13.6. The van der Waals surface area contributed by atoms with Crippen molar-refractivity contribution in [3.63, 3.8) is 0 Å². The van der Waals surface area contributed by atoms with Crippen molar-refractivity contribution in [3.05, 3.63) is 163 Å². The summed E-state index contributed by atoms with van der Waals surface area (Å²) in [4.78, 5) is 18.6. The van der Waals surface area contributed by atoms with Gasteiger partial charge in [0, 0.05) is 16.8 Å². The Morgan fingerprint density at radius 1 is 0.634 bits per heavy atom. The van der Waals surface area contributed by atoms with Gasteiger partial charge in [-0.3, -0.25) is 9.36 Å². The van der Waals surface area contributed by atoms with Crippen LogP contribution in [0.1, 0.15) is 17.2 Å². The van der Waals surface area contributed by atoms with E-state index in [-0.39, 0.29) is 17.7 Å². The predicted octanol–water partition coefficient (Wildman–Crippen LogP) is 8.20. The molecule has 1 aromatic heterocycles. The van der Waals surface area contributed by atoms with Crippen LogP contribution in [-0.2, 0) is 4.79 Å². The van der Waals surface area contributed by atoms with Gasteiger partial charge in [0.05, 0.1) is 23.2 Å². The van der Waals surface area contributed by atoms with Gasteiger partial charge < -0.3 is 5.32 Å². The standard InChI is InChI=1S/C36H29N3OS/c40-32(37-33(27-16-6-1-7-17-27)28-18-8-2-9-19-28)26-41-36-38-34(29-20-10-3-11-21-29)35(30-22-12-4-13-23-30)39(36)31-24-14-5-15-25-31/h1-25,33H,26H2,(H,37,40). The fourth-order valence-corrected chi connectivity index (χ4v) is 5.78. The van der Waals surface area contributed by atoms with Crippen molar-refractivity contribution < 1.29 is 4.79 Å². The first kappa shape index (κ1) is 26.4. The van der Waals surface area contributed by atoms with Gasteiger partial charge in [-0.25, -0.2) is 4.98 Å². The number of benzene rings is 5. The van der Waals surface area contributed by atoms with E-state index in [1.54, 1.807) is 0 Å². The zero-order chi connectivity index (χ0) is 27.9. The molecule has 4 nitrogen and oxygen atoms in total. The average molecular weight is 552 g/mol. The van der Waals surface area contributed by atoms with Crippen LogP contribution in [0.15, 0.2) is 157 Å². The summed E-state index contributed by atoms with van der Waals surface area (Å²) in [7, 11) is 0. The Morgan fingerprint density at radius 3 is 1.63 bits per heavy atom. The van der Waals surface area contributed by atoms with Crippen LogP contribution >= 0.6 is 11.8 Å². The van der Waals surface area contributed by atoms with Crippen molar-refractivity contribution in [2.45, 2.75) is 11.2 Å². The van der Waals surface area contributed by atoms with E-state index in [0.717, 1.165) is 44.5 Å². The Morgan fingerprint density at radius 2 is 1.10 bits per heavy atom. The molecule has 0 radical (unpaired) electrons. The van der Waals surface area contributed by atoms with Gasteiger partial charge in [0.1, 0.15) is 0 Å². The molecule has 1 amide bonds. The molecule has 0 saturated heterocycles. The summed E-state index contributed by atoms with van der Waals surface area (Å²) >= 11 is 1.45. The number of carbonyl (C=O) groups excluding carboxylic acids is 1. The lowest BCUT2D eigenvalue weighted by atomic mass is 9.99. The number of para-hydroxylation sites is 1. The van der Waals surface area contributed by atoms with Crippen molar-refractivity contribution >= 4 is 17.7 Å². The lowest BCUT2D eigenvalue weighted by Crippen LogP contribution is -2.30. The maximum Gasteiger partial charge on any atom is 0.231 e. The number of imidazole rings is 1. The molecule has 0 bridgehead atoms. The Hall–Kier alpha value is -4.87. The van der Waals surface area contributed by atoms with E-state index in [0.29, 0.717) is 0 Å². The van der Waals surface area contributed by atoms with Gasteiger partial charge >= 0.3 is 0 Å². The minimum atomic E-state index is -0.237.